The van der Waals surface area contributed by atoms with Gasteiger partial charge in [0.2, 0.25) is 0 Å². The second-order valence-electron chi connectivity index (χ2n) is 23.9. The highest BCUT2D eigenvalue weighted by Gasteiger charge is 2.45. The van der Waals surface area contributed by atoms with E-state index in [1.54, 1.807) is 20.7 Å². The normalized spacial score (nSPS) is 15.5. The molecule has 2 aliphatic heterocycles. The molecule has 14 rings (SSSR count). The highest BCUT2D eigenvalue weighted by atomic mass is 28.3. The van der Waals surface area contributed by atoms with E-state index in [4.69, 9.17) is 0 Å². The van der Waals surface area contributed by atoms with Crippen LogP contribution in [0.3, 0.4) is 0 Å². The maximum atomic E-state index is 2.56. The summed E-state index contributed by atoms with van der Waals surface area (Å²) in [5.74, 6) is 0. The molecule has 2 aliphatic rings. The summed E-state index contributed by atoms with van der Waals surface area (Å²) in [6.45, 7) is 20.0. The van der Waals surface area contributed by atoms with Gasteiger partial charge in [0.25, 0.3) is 0 Å². The molecule has 0 aliphatic carbocycles. The number of fused-ring (bicyclic) bond motifs is 8. The first-order valence-corrected chi connectivity index (χ1v) is 33.3. The van der Waals surface area contributed by atoms with Gasteiger partial charge in [0.1, 0.15) is 16.1 Å². The molecule has 366 valence electrons. The Kier molecular flexibility index (Phi) is 10.3. The molecule has 0 radical (unpaired) electrons. The van der Waals surface area contributed by atoms with Crippen molar-refractivity contribution in [1.82, 2.24) is 0 Å². The van der Waals surface area contributed by atoms with Crippen LogP contribution >= 0.6 is 0 Å². The van der Waals surface area contributed by atoms with Gasteiger partial charge < -0.3 is 0 Å². The minimum Gasteiger partial charge on any atom is -0.0623 e. The molecular formula is C74H62Si2. The van der Waals surface area contributed by atoms with E-state index in [1.807, 2.05) is 0 Å². The molecule has 0 unspecified atom stereocenters. The lowest BCUT2D eigenvalue weighted by Gasteiger charge is -2.44. The highest BCUT2D eigenvalue weighted by Crippen LogP contribution is 2.48. The van der Waals surface area contributed by atoms with E-state index < -0.39 is 16.1 Å². The Balaban J connectivity index is 0.987. The number of rotatable bonds is 5. The summed E-state index contributed by atoms with van der Waals surface area (Å²) < 4.78 is 0. The minimum absolute atomic E-state index is 0.0967. The van der Waals surface area contributed by atoms with Crippen LogP contribution in [0.2, 0.25) is 26.2 Å². The largest absolute Gasteiger partial charge is 0.113 e. The van der Waals surface area contributed by atoms with E-state index in [-0.39, 0.29) is 10.8 Å². The van der Waals surface area contributed by atoms with Crippen LogP contribution in [0.4, 0.5) is 0 Å². The summed E-state index contributed by atoms with van der Waals surface area (Å²) >= 11 is 0. The second kappa shape index (κ2) is 16.8. The van der Waals surface area contributed by atoms with Crippen LogP contribution in [-0.4, -0.2) is 16.1 Å². The zero-order chi connectivity index (χ0) is 51.9. The Hall–Kier alpha value is -7.89. The zero-order valence-electron chi connectivity index (χ0n) is 44.9. The zero-order valence-corrected chi connectivity index (χ0v) is 46.9. The van der Waals surface area contributed by atoms with Crippen molar-refractivity contribution >= 4 is 80.0 Å². The fourth-order valence-corrected chi connectivity index (χ4v) is 22.4. The average Bonchev–Trinajstić information content (AvgIpc) is 3.48. The van der Waals surface area contributed by atoms with E-state index >= 15 is 0 Å². The van der Waals surface area contributed by atoms with Gasteiger partial charge in [-0.2, -0.15) is 0 Å². The molecule has 0 nitrogen and oxygen atoms in total. The summed E-state index contributed by atoms with van der Waals surface area (Å²) in [6.07, 6.45) is 0. The van der Waals surface area contributed by atoms with Crippen LogP contribution in [0.1, 0.15) is 49.9 Å². The molecular weight excluding hydrogens is 945 g/mol. The van der Waals surface area contributed by atoms with Gasteiger partial charge in [-0.05, 0) is 137 Å². The molecule has 0 amide bonds. The maximum absolute atomic E-state index is 2.56. The van der Waals surface area contributed by atoms with Crippen molar-refractivity contribution in [2.75, 3.05) is 0 Å². The van der Waals surface area contributed by atoms with Crippen molar-refractivity contribution in [2.45, 2.75) is 64.7 Å². The van der Waals surface area contributed by atoms with Crippen molar-refractivity contribution in [3.8, 4) is 55.6 Å². The smallest absolute Gasteiger partial charge is 0.0623 e. The molecule has 0 atom stereocenters. The van der Waals surface area contributed by atoms with Crippen molar-refractivity contribution in [1.29, 1.82) is 0 Å². The van der Waals surface area contributed by atoms with E-state index in [1.165, 1.54) is 121 Å². The summed E-state index contributed by atoms with van der Waals surface area (Å²) in [4.78, 5) is 0. The van der Waals surface area contributed by atoms with Gasteiger partial charge in [-0.25, -0.2) is 0 Å². The Morgan fingerprint density at radius 2 is 0.553 bits per heavy atom. The quantitative estimate of drug-likeness (QED) is 0.119. The number of hydrogen-bond donors (Lipinski definition) is 0. The molecule has 2 heterocycles. The average molecular weight is 1010 g/mol. The molecule has 12 aromatic carbocycles. The third-order valence-corrected chi connectivity index (χ3v) is 25.5. The lowest BCUT2D eigenvalue weighted by atomic mass is 9.76. The third-order valence-electron chi connectivity index (χ3n) is 18.4. The molecule has 0 bridgehead atoms. The lowest BCUT2D eigenvalue weighted by Crippen LogP contribution is -2.62. The van der Waals surface area contributed by atoms with Crippen LogP contribution in [0.15, 0.2) is 231 Å². The standard InChI is InChI=1S/C74H62Si2/c1-73(2)64-36-16-18-40-68(64)75(5,6)71-60(34-22-38-66(71)73)56-44-42-54(48-26-12-14-28-50(48)56)52-30-20-32-58-62(52)46-63-53(31-21-33-59(63)70(58)47-24-10-9-11-25-47)55-43-45-57(51-29-15-13-27-49(51)55)61-35-23-39-67-72(61)76(7,8)69-41-19-17-37-65(69)74(67,3)4/h9-46H,1-8H3. The Morgan fingerprint density at radius 1 is 0.250 bits per heavy atom. The van der Waals surface area contributed by atoms with Gasteiger partial charge in [-0.1, -0.05) is 289 Å². The van der Waals surface area contributed by atoms with Gasteiger partial charge in [0, 0.05) is 10.8 Å². The summed E-state index contributed by atoms with van der Waals surface area (Å²) in [5, 5.41) is 16.4. The van der Waals surface area contributed by atoms with Crippen molar-refractivity contribution in [2.24, 2.45) is 0 Å². The molecule has 12 aromatic rings. The van der Waals surface area contributed by atoms with E-state index in [9.17, 15) is 0 Å². The van der Waals surface area contributed by atoms with Crippen LogP contribution < -0.4 is 20.7 Å². The number of benzene rings is 12. The fourth-order valence-electron chi connectivity index (χ4n) is 14.7. The lowest BCUT2D eigenvalue weighted by molar-refractivity contribution is 0.645. The first-order valence-electron chi connectivity index (χ1n) is 27.3. The molecule has 2 heteroatoms. The SMILES string of the molecule is CC1(C)c2ccccc2[Si](C)(C)c2c(-c3ccc(-c4cccc5c(-c6ccccc6)c6cccc(-c7ccc(-c8cccc9c8[Si](C)(C)c8ccccc8C9(C)C)c8ccccc78)c6cc45)c4ccccc34)cccc21. The maximum Gasteiger partial charge on any atom is 0.113 e. The first kappa shape index (κ1) is 46.6. The van der Waals surface area contributed by atoms with Crippen molar-refractivity contribution < 1.29 is 0 Å². The van der Waals surface area contributed by atoms with Crippen molar-refractivity contribution in [3.05, 3.63) is 253 Å². The van der Waals surface area contributed by atoms with Gasteiger partial charge in [0.15, 0.2) is 0 Å². The molecule has 0 saturated heterocycles. The summed E-state index contributed by atoms with van der Waals surface area (Å²) in [5.41, 5.74) is 18.6. The second-order valence-corrected chi connectivity index (χ2v) is 32.5. The highest BCUT2D eigenvalue weighted by molar-refractivity contribution is 7.02. The Bertz CT molecular complexity index is 4140. The molecule has 0 spiro atoms. The Labute approximate surface area is 450 Å². The van der Waals surface area contributed by atoms with Crippen LogP contribution in [-0.2, 0) is 10.8 Å². The fraction of sp³-hybridized carbons (Fsp3) is 0.135. The number of hydrogen-bond acceptors (Lipinski definition) is 0. The van der Waals surface area contributed by atoms with Gasteiger partial charge in [-0.3, -0.25) is 0 Å². The van der Waals surface area contributed by atoms with Gasteiger partial charge in [-0.15, -0.1) is 0 Å². The molecule has 0 N–H and O–H groups in total. The summed E-state index contributed by atoms with van der Waals surface area (Å²) in [7, 11) is -4.23. The van der Waals surface area contributed by atoms with E-state index in [0.717, 1.165) is 0 Å². The van der Waals surface area contributed by atoms with Crippen LogP contribution in [0.25, 0.3) is 98.7 Å². The van der Waals surface area contributed by atoms with E-state index in [2.05, 4.69) is 284 Å². The Morgan fingerprint density at radius 3 is 0.974 bits per heavy atom. The molecule has 0 fully saturated rings. The molecule has 0 saturated carbocycles. The third kappa shape index (κ3) is 6.60. The monoisotopic (exact) mass is 1010 g/mol. The summed E-state index contributed by atoms with van der Waals surface area (Å²) in [6, 6.07) is 88.5. The minimum atomic E-state index is -2.11. The van der Waals surface area contributed by atoms with Crippen LogP contribution in [0, 0.1) is 0 Å². The van der Waals surface area contributed by atoms with Gasteiger partial charge >= 0.3 is 0 Å². The predicted molar refractivity (Wildman–Crippen MR) is 334 cm³/mol. The van der Waals surface area contributed by atoms with Crippen molar-refractivity contribution in [3.63, 3.8) is 0 Å². The molecule has 76 heavy (non-hydrogen) atoms. The first-order chi connectivity index (χ1) is 36.8. The van der Waals surface area contributed by atoms with Crippen LogP contribution in [0.5, 0.6) is 0 Å². The molecule has 0 aromatic heterocycles. The predicted octanol–water partition coefficient (Wildman–Crippen LogP) is 17.6. The topological polar surface area (TPSA) is 0 Å². The van der Waals surface area contributed by atoms with Gasteiger partial charge in [0.05, 0.1) is 0 Å². The van der Waals surface area contributed by atoms with E-state index in [0.29, 0.717) is 0 Å².